The fraction of sp³-hybridized carbons (Fsp3) is 0.583. The Balaban J connectivity index is 2.46. The highest BCUT2D eigenvalue weighted by molar-refractivity contribution is 8.13. The van der Waals surface area contributed by atoms with Gasteiger partial charge in [-0.3, -0.25) is 9.89 Å². The van der Waals surface area contributed by atoms with E-state index in [4.69, 9.17) is 4.74 Å². The molecule has 6 nitrogen and oxygen atoms in total. The Bertz CT molecular complexity index is 503. The number of ether oxygens (including phenoxy) is 1. The van der Waals surface area contributed by atoms with Gasteiger partial charge in [0.25, 0.3) is 0 Å². The topological polar surface area (TPSA) is 64.2 Å². The van der Waals surface area contributed by atoms with Gasteiger partial charge < -0.3 is 9.64 Å². The van der Waals surface area contributed by atoms with E-state index in [-0.39, 0.29) is 6.23 Å². The van der Waals surface area contributed by atoms with Gasteiger partial charge in [-0.05, 0) is 13.2 Å². The van der Waals surface area contributed by atoms with Crippen molar-refractivity contribution in [1.82, 2.24) is 9.80 Å². The molecular formula is C12H17N5OS. The molecule has 0 N–H and O–H groups in total. The predicted molar refractivity (Wildman–Crippen MR) is 76.8 cm³/mol. The summed E-state index contributed by atoms with van der Waals surface area (Å²) in [7, 11) is 3.75. The van der Waals surface area contributed by atoms with Gasteiger partial charge in [0.05, 0.1) is 6.54 Å². The normalized spacial score (nSPS) is 21.8. The molecule has 0 spiro atoms. The summed E-state index contributed by atoms with van der Waals surface area (Å²) < 4.78 is 5.66. The second kappa shape index (κ2) is 5.63. The van der Waals surface area contributed by atoms with Crippen LogP contribution in [-0.4, -0.2) is 60.5 Å². The second-order valence-electron chi connectivity index (χ2n) is 4.25. The number of hydrogen-bond acceptors (Lipinski definition) is 7. The van der Waals surface area contributed by atoms with Crippen molar-refractivity contribution < 1.29 is 4.74 Å². The molecule has 0 saturated heterocycles. The van der Waals surface area contributed by atoms with Crippen molar-refractivity contribution in [2.45, 2.75) is 13.2 Å². The second-order valence-corrected chi connectivity index (χ2v) is 5.02. The zero-order chi connectivity index (χ0) is 14.0. The van der Waals surface area contributed by atoms with Gasteiger partial charge in [-0.2, -0.15) is 5.26 Å². The quantitative estimate of drug-likeness (QED) is 0.774. The average molecular weight is 279 g/mol. The standard InChI is InChI=1S/C12H17N5OS/c1-5-18-9-7-14-10-8(6-13)11(16(2)3)15-12(19-4)17(9)10/h9H,5,7H2,1-4H3. The Morgan fingerprint density at radius 1 is 1.58 bits per heavy atom. The van der Waals surface area contributed by atoms with Gasteiger partial charge >= 0.3 is 0 Å². The highest BCUT2D eigenvalue weighted by atomic mass is 32.2. The molecule has 0 bridgehead atoms. The molecule has 2 heterocycles. The highest BCUT2D eigenvalue weighted by Gasteiger charge is 2.38. The SMILES string of the molecule is CCOC1CN=C2C(C#N)=C(N(C)C)N=C(SC)N21. The summed E-state index contributed by atoms with van der Waals surface area (Å²) in [4.78, 5) is 12.8. The number of hydrogen-bond donors (Lipinski definition) is 0. The van der Waals surface area contributed by atoms with E-state index in [0.29, 0.717) is 30.4 Å². The number of nitrogens with zero attached hydrogens (tertiary/aromatic N) is 5. The maximum atomic E-state index is 9.37. The van der Waals surface area contributed by atoms with Gasteiger partial charge in [-0.15, -0.1) is 0 Å². The lowest BCUT2D eigenvalue weighted by atomic mass is 10.2. The Morgan fingerprint density at radius 3 is 2.84 bits per heavy atom. The van der Waals surface area contributed by atoms with E-state index in [0.717, 1.165) is 5.17 Å². The minimum Gasteiger partial charge on any atom is -0.361 e. The zero-order valence-electron chi connectivity index (χ0n) is 11.5. The minimum absolute atomic E-state index is 0.154. The van der Waals surface area contributed by atoms with E-state index in [9.17, 15) is 5.26 Å². The first-order chi connectivity index (χ1) is 9.13. The third-order valence-electron chi connectivity index (χ3n) is 2.85. The van der Waals surface area contributed by atoms with Crippen molar-refractivity contribution in [3.63, 3.8) is 0 Å². The summed E-state index contributed by atoms with van der Waals surface area (Å²) in [5, 5.41) is 10.2. The molecular weight excluding hydrogens is 262 g/mol. The number of aliphatic imine (C=N–C) groups is 2. The molecule has 2 aliphatic heterocycles. The van der Waals surface area contributed by atoms with Gasteiger partial charge in [0.2, 0.25) is 0 Å². The molecule has 0 amide bonds. The molecule has 1 unspecified atom stereocenters. The molecule has 0 fully saturated rings. The fourth-order valence-electron chi connectivity index (χ4n) is 2.06. The third-order valence-corrected chi connectivity index (χ3v) is 3.50. The summed E-state index contributed by atoms with van der Waals surface area (Å²) in [5.41, 5.74) is 0.505. The first-order valence-corrected chi connectivity index (χ1v) is 7.26. The molecule has 0 aromatic heterocycles. The van der Waals surface area contributed by atoms with Crippen molar-refractivity contribution in [1.29, 1.82) is 5.26 Å². The van der Waals surface area contributed by atoms with E-state index >= 15 is 0 Å². The summed E-state index contributed by atoms with van der Waals surface area (Å²) in [6, 6.07) is 2.21. The molecule has 19 heavy (non-hydrogen) atoms. The first kappa shape index (κ1) is 13.9. The lowest BCUT2D eigenvalue weighted by Gasteiger charge is -2.32. The molecule has 0 radical (unpaired) electrons. The van der Waals surface area contributed by atoms with Crippen LogP contribution in [0.25, 0.3) is 0 Å². The Morgan fingerprint density at radius 2 is 2.32 bits per heavy atom. The van der Waals surface area contributed by atoms with E-state index in [1.165, 1.54) is 11.8 Å². The molecule has 7 heteroatoms. The number of amidine groups is 2. The molecule has 0 aromatic carbocycles. The van der Waals surface area contributed by atoms with Crippen molar-refractivity contribution in [3.8, 4) is 6.07 Å². The Labute approximate surface area is 117 Å². The molecule has 2 aliphatic rings. The van der Waals surface area contributed by atoms with Crippen LogP contribution in [0.2, 0.25) is 0 Å². The smallest absolute Gasteiger partial charge is 0.173 e. The van der Waals surface area contributed by atoms with E-state index < -0.39 is 0 Å². The van der Waals surface area contributed by atoms with Gasteiger partial charge in [-0.25, -0.2) is 4.99 Å². The van der Waals surface area contributed by atoms with Crippen molar-refractivity contribution in [2.75, 3.05) is 33.5 Å². The molecule has 1 atom stereocenters. The van der Waals surface area contributed by atoms with Gasteiger partial charge in [0.15, 0.2) is 23.1 Å². The van der Waals surface area contributed by atoms with E-state index in [1.54, 1.807) is 0 Å². The van der Waals surface area contributed by atoms with Crippen LogP contribution in [0.1, 0.15) is 6.92 Å². The molecule has 0 aliphatic carbocycles. The van der Waals surface area contributed by atoms with Crippen LogP contribution < -0.4 is 0 Å². The van der Waals surface area contributed by atoms with Crippen LogP contribution in [0.4, 0.5) is 0 Å². The summed E-state index contributed by atoms with van der Waals surface area (Å²) in [6.07, 6.45) is 1.81. The van der Waals surface area contributed by atoms with E-state index in [1.807, 2.05) is 37.1 Å². The lowest BCUT2D eigenvalue weighted by Crippen LogP contribution is -2.45. The number of fused-ring (bicyclic) bond motifs is 1. The first-order valence-electron chi connectivity index (χ1n) is 6.04. The predicted octanol–water partition coefficient (Wildman–Crippen LogP) is 1.09. The van der Waals surface area contributed by atoms with Gasteiger partial charge in [0.1, 0.15) is 11.6 Å². The van der Waals surface area contributed by atoms with Crippen LogP contribution in [0.5, 0.6) is 0 Å². The third kappa shape index (κ3) is 2.33. The van der Waals surface area contributed by atoms with Crippen molar-refractivity contribution in [2.24, 2.45) is 9.98 Å². The Kier molecular flexibility index (Phi) is 4.12. The van der Waals surface area contributed by atoms with Gasteiger partial charge in [-0.1, -0.05) is 11.8 Å². The number of nitriles is 1. The zero-order valence-corrected chi connectivity index (χ0v) is 12.4. The molecule has 2 rings (SSSR count). The molecule has 0 saturated carbocycles. The maximum Gasteiger partial charge on any atom is 0.173 e. The van der Waals surface area contributed by atoms with Crippen molar-refractivity contribution in [3.05, 3.63) is 11.4 Å². The van der Waals surface area contributed by atoms with Crippen LogP contribution in [0.3, 0.4) is 0 Å². The van der Waals surface area contributed by atoms with Crippen molar-refractivity contribution >= 4 is 22.8 Å². The van der Waals surface area contributed by atoms with Crippen LogP contribution in [0, 0.1) is 11.3 Å². The highest BCUT2D eigenvalue weighted by Crippen LogP contribution is 2.29. The van der Waals surface area contributed by atoms with Crippen LogP contribution in [0.15, 0.2) is 21.4 Å². The summed E-state index contributed by atoms with van der Waals surface area (Å²) in [5.74, 6) is 1.32. The summed E-state index contributed by atoms with van der Waals surface area (Å²) in [6.45, 7) is 3.09. The maximum absolute atomic E-state index is 9.37. The average Bonchev–Trinajstić information content (AvgIpc) is 2.81. The number of rotatable bonds is 3. The minimum atomic E-state index is -0.154. The largest absolute Gasteiger partial charge is 0.361 e. The molecule has 102 valence electrons. The van der Waals surface area contributed by atoms with Gasteiger partial charge in [0, 0.05) is 20.7 Å². The fourth-order valence-corrected chi connectivity index (χ4v) is 2.64. The van der Waals surface area contributed by atoms with E-state index in [2.05, 4.69) is 16.1 Å². The number of thioether (sulfide) groups is 1. The summed E-state index contributed by atoms with van der Waals surface area (Å²) >= 11 is 1.53. The van der Waals surface area contributed by atoms with Crippen LogP contribution in [-0.2, 0) is 4.74 Å². The Hall–Kier alpha value is -1.52. The molecule has 0 aromatic rings. The van der Waals surface area contributed by atoms with Crippen LogP contribution >= 0.6 is 11.8 Å². The lowest BCUT2D eigenvalue weighted by molar-refractivity contribution is 0.0243. The monoisotopic (exact) mass is 279 g/mol.